The number of para-hydroxylation sites is 1. The molecule has 39 heavy (non-hydrogen) atoms. The number of carbonyl (C=O) groups excluding carboxylic acids is 2. The SMILES string of the molecule is CCN(C(=O)C(Cc1cnn(-c2ccc(Cl)cc2)c1)C(=O)NS(=O)(=O)C=Cc1ccccc1)c1ccccc1. The predicted molar refractivity (Wildman–Crippen MR) is 153 cm³/mol. The van der Waals surface area contributed by atoms with Gasteiger partial charge in [0.05, 0.1) is 17.3 Å². The molecule has 200 valence electrons. The molecular weight excluding hydrogens is 536 g/mol. The Hall–Kier alpha value is -4.21. The standard InChI is InChI=1S/C29H27ClN4O4S/c1-2-33(25-11-7-4-8-12-25)29(36)27(19-23-20-31-34(21-23)26-15-13-24(30)14-16-26)28(35)32-39(37,38)18-17-22-9-5-3-6-10-22/h3-18,20-21,27H,2,19H2,1H3,(H,32,35). The van der Waals surface area contributed by atoms with E-state index >= 15 is 0 Å². The van der Waals surface area contributed by atoms with Crippen molar-refractivity contribution >= 4 is 45.2 Å². The van der Waals surface area contributed by atoms with Gasteiger partial charge in [-0.05, 0) is 66.9 Å². The number of aromatic nitrogens is 2. The average molecular weight is 563 g/mol. The monoisotopic (exact) mass is 562 g/mol. The minimum absolute atomic E-state index is 0.0560. The van der Waals surface area contributed by atoms with Crippen LogP contribution in [0.2, 0.25) is 5.02 Å². The van der Waals surface area contributed by atoms with Gasteiger partial charge in [0.1, 0.15) is 5.92 Å². The molecule has 0 saturated heterocycles. The first-order valence-electron chi connectivity index (χ1n) is 12.2. The third-order valence-corrected chi connectivity index (χ3v) is 7.15. The van der Waals surface area contributed by atoms with E-state index in [0.717, 1.165) is 11.1 Å². The quantitative estimate of drug-likeness (QED) is 0.278. The van der Waals surface area contributed by atoms with Crippen LogP contribution in [0.25, 0.3) is 11.8 Å². The number of benzene rings is 3. The van der Waals surface area contributed by atoms with Gasteiger partial charge in [-0.2, -0.15) is 5.10 Å². The molecule has 1 heterocycles. The first-order chi connectivity index (χ1) is 18.8. The second-order valence-corrected chi connectivity index (χ2v) is 10.7. The number of hydrogen-bond acceptors (Lipinski definition) is 5. The van der Waals surface area contributed by atoms with Crippen molar-refractivity contribution in [2.75, 3.05) is 11.4 Å². The zero-order chi connectivity index (χ0) is 27.8. The number of amides is 2. The third kappa shape index (κ3) is 7.43. The maximum absolute atomic E-state index is 13.7. The van der Waals surface area contributed by atoms with Crippen LogP contribution >= 0.6 is 11.6 Å². The maximum Gasteiger partial charge on any atom is 0.257 e. The molecule has 1 unspecified atom stereocenters. The Morgan fingerprint density at radius 1 is 1.00 bits per heavy atom. The fourth-order valence-electron chi connectivity index (χ4n) is 3.97. The van der Waals surface area contributed by atoms with Gasteiger partial charge < -0.3 is 4.90 Å². The molecule has 1 atom stereocenters. The van der Waals surface area contributed by atoms with Gasteiger partial charge in [0.15, 0.2) is 0 Å². The van der Waals surface area contributed by atoms with E-state index in [1.165, 1.54) is 11.0 Å². The summed E-state index contributed by atoms with van der Waals surface area (Å²) in [5.74, 6) is -2.78. The first kappa shape index (κ1) is 27.8. The van der Waals surface area contributed by atoms with Crippen LogP contribution in [0.1, 0.15) is 18.1 Å². The van der Waals surface area contributed by atoms with Crippen molar-refractivity contribution in [1.82, 2.24) is 14.5 Å². The number of nitrogens with one attached hydrogen (secondary N) is 1. The summed E-state index contributed by atoms with van der Waals surface area (Å²) in [4.78, 5) is 28.5. The lowest BCUT2D eigenvalue weighted by Gasteiger charge is -2.25. The van der Waals surface area contributed by atoms with Gasteiger partial charge in [-0.25, -0.2) is 17.8 Å². The summed E-state index contributed by atoms with van der Waals surface area (Å²) in [5.41, 5.74) is 2.58. The van der Waals surface area contributed by atoms with Crippen molar-refractivity contribution in [3.8, 4) is 5.69 Å². The molecule has 8 nitrogen and oxygen atoms in total. The van der Waals surface area contributed by atoms with E-state index in [1.807, 2.05) is 12.1 Å². The third-order valence-electron chi connectivity index (χ3n) is 5.91. The summed E-state index contributed by atoms with van der Waals surface area (Å²) in [6.45, 7) is 2.08. The van der Waals surface area contributed by atoms with Crippen LogP contribution in [0.3, 0.4) is 0 Å². The minimum Gasteiger partial charge on any atom is -0.312 e. The molecule has 0 fully saturated rings. The predicted octanol–water partition coefficient (Wildman–Crippen LogP) is 4.85. The zero-order valence-corrected chi connectivity index (χ0v) is 22.7. The van der Waals surface area contributed by atoms with Gasteiger partial charge in [0.2, 0.25) is 11.8 Å². The largest absolute Gasteiger partial charge is 0.312 e. The Kier molecular flexibility index (Phi) is 8.96. The zero-order valence-electron chi connectivity index (χ0n) is 21.1. The summed E-state index contributed by atoms with van der Waals surface area (Å²) >= 11 is 5.98. The van der Waals surface area contributed by atoms with Gasteiger partial charge in [0.25, 0.3) is 10.0 Å². The number of anilines is 1. The van der Waals surface area contributed by atoms with E-state index in [1.54, 1.807) is 96.8 Å². The van der Waals surface area contributed by atoms with Crippen LogP contribution in [0, 0.1) is 5.92 Å². The highest BCUT2D eigenvalue weighted by Gasteiger charge is 2.33. The summed E-state index contributed by atoms with van der Waals surface area (Å²) in [7, 11) is -4.17. The van der Waals surface area contributed by atoms with Gasteiger partial charge in [-0.3, -0.25) is 9.59 Å². The van der Waals surface area contributed by atoms with Crippen LogP contribution in [-0.4, -0.2) is 36.6 Å². The second kappa shape index (κ2) is 12.6. The van der Waals surface area contributed by atoms with E-state index in [-0.39, 0.29) is 13.0 Å². The van der Waals surface area contributed by atoms with Crippen molar-refractivity contribution in [3.05, 3.63) is 119 Å². The Morgan fingerprint density at radius 2 is 1.64 bits per heavy atom. The van der Waals surface area contributed by atoms with Gasteiger partial charge in [0, 0.05) is 23.5 Å². The molecule has 4 aromatic rings. The molecular formula is C29H27ClN4O4S. The van der Waals surface area contributed by atoms with E-state index in [9.17, 15) is 18.0 Å². The fraction of sp³-hybridized carbons (Fsp3) is 0.138. The normalized spacial score (nSPS) is 12.3. The molecule has 3 aromatic carbocycles. The lowest BCUT2D eigenvalue weighted by molar-refractivity contribution is -0.132. The molecule has 10 heteroatoms. The smallest absolute Gasteiger partial charge is 0.257 e. The molecule has 0 spiro atoms. The molecule has 1 N–H and O–H groups in total. The van der Waals surface area contributed by atoms with Crippen LogP contribution in [-0.2, 0) is 26.0 Å². The molecule has 0 radical (unpaired) electrons. The minimum atomic E-state index is -4.17. The lowest BCUT2D eigenvalue weighted by atomic mass is 9.99. The highest BCUT2D eigenvalue weighted by atomic mass is 35.5. The topological polar surface area (TPSA) is 101 Å². The van der Waals surface area contributed by atoms with E-state index in [4.69, 9.17) is 11.6 Å². The van der Waals surface area contributed by atoms with Crippen LogP contribution < -0.4 is 9.62 Å². The fourth-order valence-corrected chi connectivity index (χ4v) is 4.92. The van der Waals surface area contributed by atoms with Gasteiger partial charge in [-0.1, -0.05) is 60.1 Å². The molecule has 0 aliphatic carbocycles. The molecule has 4 rings (SSSR count). The molecule has 2 amide bonds. The summed E-state index contributed by atoms with van der Waals surface area (Å²) < 4.78 is 29.2. The average Bonchev–Trinajstić information content (AvgIpc) is 3.41. The summed E-state index contributed by atoms with van der Waals surface area (Å²) in [6.07, 6.45) is 4.56. The first-order valence-corrected chi connectivity index (χ1v) is 14.1. The Bertz CT molecular complexity index is 1550. The van der Waals surface area contributed by atoms with E-state index in [2.05, 4.69) is 9.82 Å². The molecule has 0 aliphatic heterocycles. The number of sulfonamides is 1. The second-order valence-electron chi connectivity index (χ2n) is 8.67. The van der Waals surface area contributed by atoms with Crippen molar-refractivity contribution in [1.29, 1.82) is 0 Å². The number of hydrogen-bond donors (Lipinski definition) is 1. The maximum atomic E-state index is 13.7. The van der Waals surface area contributed by atoms with Crippen LogP contribution in [0.15, 0.2) is 103 Å². The molecule has 0 saturated carbocycles. The molecule has 0 aliphatic rings. The Balaban J connectivity index is 1.61. The summed E-state index contributed by atoms with van der Waals surface area (Å²) in [6, 6.07) is 24.8. The van der Waals surface area contributed by atoms with Crippen LogP contribution in [0.5, 0.6) is 0 Å². The highest BCUT2D eigenvalue weighted by Crippen LogP contribution is 2.21. The van der Waals surface area contributed by atoms with Crippen LogP contribution in [0.4, 0.5) is 5.69 Å². The number of nitrogens with zero attached hydrogens (tertiary/aromatic N) is 3. The van der Waals surface area contributed by atoms with Crippen molar-refractivity contribution in [2.45, 2.75) is 13.3 Å². The Morgan fingerprint density at radius 3 is 2.28 bits per heavy atom. The number of halogens is 1. The molecule has 0 bridgehead atoms. The molecule has 1 aromatic heterocycles. The van der Waals surface area contributed by atoms with E-state index in [0.29, 0.717) is 21.8 Å². The van der Waals surface area contributed by atoms with Crippen molar-refractivity contribution < 1.29 is 18.0 Å². The number of carbonyl (C=O) groups is 2. The van der Waals surface area contributed by atoms with Gasteiger partial charge in [-0.15, -0.1) is 0 Å². The number of rotatable bonds is 10. The lowest BCUT2D eigenvalue weighted by Crippen LogP contribution is -2.46. The van der Waals surface area contributed by atoms with Crippen molar-refractivity contribution in [2.24, 2.45) is 5.92 Å². The Labute approximate surface area is 232 Å². The summed E-state index contributed by atoms with van der Waals surface area (Å²) in [5, 5.41) is 5.83. The highest BCUT2D eigenvalue weighted by molar-refractivity contribution is 7.93. The van der Waals surface area contributed by atoms with Gasteiger partial charge >= 0.3 is 0 Å². The van der Waals surface area contributed by atoms with Crippen molar-refractivity contribution in [3.63, 3.8) is 0 Å². The van der Waals surface area contributed by atoms with E-state index < -0.39 is 27.8 Å².